The molecular formula is C29H40O2. The molecule has 0 heterocycles. The molecule has 15 atom stereocenters. The summed E-state index contributed by atoms with van der Waals surface area (Å²) < 4.78 is 6.06. The number of hydrogen-bond acceptors (Lipinski definition) is 2. The first kappa shape index (κ1) is 18.6. The second-order valence-corrected chi connectivity index (χ2v) is 13.9. The summed E-state index contributed by atoms with van der Waals surface area (Å²) in [6.07, 6.45) is 13.3. The summed E-state index contributed by atoms with van der Waals surface area (Å²) in [6, 6.07) is 0. The average molecular weight is 421 g/mol. The third kappa shape index (κ3) is 1.85. The fourth-order valence-electron chi connectivity index (χ4n) is 13.7. The second kappa shape index (κ2) is 5.64. The Morgan fingerprint density at radius 2 is 1.61 bits per heavy atom. The largest absolute Gasteiger partial charge is 0.462 e. The first-order valence-electron chi connectivity index (χ1n) is 13.8. The first-order valence-corrected chi connectivity index (χ1v) is 13.8. The van der Waals surface area contributed by atoms with E-state index in [4.69, 9.17) is 4.74 Å². The molecule has 8 aliphatic carbocycles. The smallest absolute Gasteiger partial charge is 0.330 e. The van der Waals surface area contributed by atoms with Crippen molar-refractivity contribution in [2.75, 3.05) is 6.61 Å². The number of carbonyl (C=O) groups is 1. The van der Waals surface area contributed by atoms with Crippen LogP contribution in [0.2, 0.25) is 0 Å². The van der Waals surface area contributed by atoms with E-state index >= 15 is 0 Å². The highest BCUT2D eigenvalue weighted by atomic mass is 16.5. The molecule has 2 nitrogen and oxygen atoms in total. The number of fused-ring (bicyclic) bond motifs is 23. The van der Waals surface area contributed by atoms with Gasteiger partial charge in [0.05, 0.1) is 6.61 Å². The minimum atomic E-state index is -0.175. The van der Waals surface area contributed by atoms with Gasteiger partial charge in [0.25, 0.3) is 0 Å². The molecule has 0 N–H and O–H groups in total. The van der Waals surface area contributed by atoms with Crippen molar-refractivity contribution in [3.8, 4) is 0 Å². The van der Waals surface area contributed by atoms with Crippen LogP contribution in [0.3, 0.4) is 0 Å². The number of esters is 1. The Morgan fingerprint density at radius 3 is 2.32 bits per heavy atom. The van der Waals surface area contributed by atoms with Gasteiger partial charge >= 0.3 is 5.97 Å². The van der Waals surface area contributed by atoms with Gasteiger partial charge in [-0.2, -0.15) is 0 Å². The van der Waals surface area contributed by atoms with Crippen LogP contribution >= 0.6 is 0 Å². The molecule has 15 unspecified atom stereocenters. The lowest BCUT2D eigenvalue weighted by atomic mass is 9.46. The third-order valence-corrected chi connectivity index (χ3v) is 14.0. The van der Waals surface area contributed by atoms with Crippen LogP contribution in [0.25, 0.3) is 0 Å². The van der Waals surface area contributed by atoms with Gasteiger partial charge in [0.2, 0.25) is 0 Å². The lowest BCUT2D eigenvalue weighted by Gasteiger charge is -2.58. The van der Waals surface area contributed by atoms with Crippen LogP contribution < -0.4 is 0 Å². The SMILES string of the molecule is C=CC(=O)OCC12C3CC(C4C5CCC(C5)C43)C1C1CC2C2C1C1CC2C(C)(CC)C1. The summed E-state index contributed by atoms with van der Waals surface area (Å²) in [7, 11) is 0. The molecule has 8 fully saturated rings. The predicted octanol–water partition coefficient (Wildman–Crippen LogP) is 5.97. The molecule has 2 heteroatoms. The Bertz CT molecular complexity index is 863. The minimum absolute atomic E-state index is 0.175. The Balaban J connectivity index is 1.23. The van der Waals surface area contributed by atoms with Gasteiger partial charge in [-0.05, 0) is 127 Å². The van der Waals surface area contributed by atoms with Crippen LogP contribution in [-0.2, 0) is 9.53 Å². The number of carbonyl (C=O) groups excluding carboxylic acids is 1. The molecule has 8 rings (SSSR count). The van der Waals surface area contributed by atoms with E-state index in [0.717, 1.165) is 83.5 Å². The number of hydrogen-bond donors (Lipinski definition) is 0. The predicted molar refractivity (Wildman–Crippen MR) is 120 cm³/mol. The van der Waals surface area contributed by atoms with Gasteiger partial charge in [-0.3, -0.25) is 0 Å². The van der Waals surface area contributed by atoms with Gasteiger partial charge in [0.15, 0.2) is 0 Å². The number of rotatable bonds is 4. The van der Waals surface area contributed by atoms with Crippen molar-refractivity contribution in [3.63, 3.8) is 0 Å². The zero-order valence-corrected chi connectivity index (χ0v) is 19.5. The maximum atomic E-state index is 12.3. The van der Waals surface area contributed by atoms with Crippen molar-refractivity contribution < 1.29 is 9.53 Å². The van der Waals surface area contributed by atoms with E-state index in [1.165, 1.54) is 51.0 Å². The molecule has 0 aliphatic heterocycles. The van der Waals surface area contributed by atoms with E-state index < -0.39 is 0 Å². The molecule has 0 aromatic carbocycles. The summed E-state index contributed by atoms with van der Waals surface area (Å²) in [5.41, 5.74) is 0.914. The molecular weight excluding hydrogens is 380 g/mol. The maximum Gasteiger partial charge on any atom is 0.330 e. The minimum Gasteiger partial charge on any atom is -0.462 e. The zero-order chi connectivity index (χ0) is 20.9. The zero-order valence-electron chi connectivity index (χ0n) is 19.5. The molecule has 0 saturated heterocycles. The normalized spacial score (nSPS) is 65.3. The molecule has 0 radical (unpaired) electrons. The van der Waals surface area contributed by atoms with E-state index in [1.807, 2.05) is 0 Å². The van der Waals surface area contributed by atoms with Crippen LogP contribution in [0.15, 0.2) is 12.7 Å². The van der Waals surface area contributed by atoms with E-state index in [1.54, 1.807) is 6.42 Å². The Hall–Kier alpha value is -0.790. The van der Waals surface area contributed by atoms with Gasteiger partial charge in [-0.1, -0.05) is 26.8 Å². The quantitative estimate of drug-likeness (QED) is 0.318. The van der Waals surface area contributed by atoms with E-state index in [0.29, 0.717) is 10.8 Å². The molecule has 0 aromatic heterocycles. The van der Waals surface area contributed by atoms with Crippen LogP contribution in [0, 0.1) is 87.8 Å². The summed E-state index contributed by atoms with van der Waals surface area (Å²) >= 11 is 0. The highest BCUT2D eigenvalue weighted by Crippen LogP contribution is 2.86. The highest BCUT2D eigenvalue weighted by Gasteiger charge is 2.82. The fraction of sp³-hybridized carbons (Fsp3) is 0.897. The van der Waals surface area contributed by atoms with Crippen LogP contribution in [0.1, 0.15) is 65.2 Å². The Morgan fingerprint density at radius 1 is 0.935 bits per heavy atom. The van der Waals surface area contributed by atoms with Crippen molar-refractivity contribution in [2.24, 2.45) is 87.8 Å². The lowest BCUT2D eigenvalue weighted by Crippen LogP contribution is -2.57. The van der Waals surface area contributed by atoms with E-state index in [2.05, 4.69) is 20.4 Å². The van der Waals surface area contributed by atoms with Crippen molar-refractivity contribution in [1.82, 2.24) is 0 Å². The number of ether oxygens (including phenoxy) is 1. The van der Waals surface area contributed by atoms with Gasteiger partial charge in [0, 0.05) is 11.5 Å². The van der Waals surface area contributed by atoms with Crippen LogP contribution in [0.4, 0.5) is 0 Å². The van der Waals surface area contributed by atoms with Gasteiger partial charge < -0.3 is 4.74 Å². The first-order chi connectivity index (χ1) is 15.0. The fourth-order valence-corrected chi connectivity index (χ4v) is 13.7. The summed E-state index contributed by atoms with van der Waals surface area (Å²) in [5.74, 6) is 12.4. The lowest BCUT2D eigenvalue weighted by molar-refractivity contribution is -0.164. The Kier molecular flexibility index (Phi) is 3.39. The second-order valence-electron chi connectivity index (χ2n) is 13.9. The third-order valence-electron chi connectivity index (χ3n) is 14.0. The molecule has 8 aliphatic rings. The van der Waals surface area contributed by atoms with E-state index in [-0.39, 0.29) is 5.97 Å². The summed E-state index contributed by atoms with van der Waals surface area (Å²) in [5, 5.41) is 0. The van der Waals surface area contributed by atoms with Crippen molar-refractivity contribution in [3.05, 3.63) is 12.7 Å². The Labute approximate surface area is 187 Å². The summed E-state index contributed by atoms with van der Waals surface area (Å²) in [6.45, 7) is 9.51. The van der Waals surface area contributed by atoms with Crippen molar-refractivity contribution >= 4 is 5.97 Å². The maximum absolute atomic E-state index is 12.3. The molecule has 0 aromatic rings. The van der Waals surface area contributed by atoms with Gasteiger partial charge in [-0.15, -0.1) is 0 Å². The van der Waals surface area contributed by atoms with E-state index in [9.17, 15) is 4.79 Å². The molecule has 8 saturated carbocycles. The molecule has 168 valence electrons. The monoisotopic (exact) mass is 420 g/mol. The van der Waals surface area contributed by atoms with Gasteiger partial charge in [-0.25, -0.2) is 4.79 Å². The summed E-state index contributed by atoms with van der Waals surface area (Å²) in [4.78, 5) is 12.3. The topological polar surface area (TPSA) is 26.3 Å². The molecule has 0 amide bonds. The standard InChI is InChI=1S/C29H40O2/c1-4-22(30)31-13-29-20-10-17(23-14-6-7-15(8-14)25(20)23)27(29)18-11-21(29)26-19-9-16(24(18)26)12-28(19,3)5-2/h4,14-21,23-27H,1,5-13H2,2-3H3. The molecule has 0 spiro atoms. The highest BCUT2D eigenvalue weighted by molar-refractivity contribution is 5.81. The average Bonchev–Trinajstić information content (AvgIpc) is 3.59. The van der Waals surface area contributed by atoms with Crippen LogP contribution in [0.5, 0.6) is 0 Å². The van der Waals surface area contributed by atoms with Crippen molar-refractivity contribution in [1.29, 1.82) is 0 Å². The molecule has 8 bridgehead atoms. The van der Waals surface area contributed by atoms with Crippen molar-refractivity contribution in [2.45, 2.75) is 65.2 Å². The van der Waals surface area contributed by atoms with Crippen LogP contribution in [-0.4, -0.2) is 12.6 Å². The molecule has 31 heavy (non-hydrogen) atoms. The van der Waals surface area contributed by atoms with Gasteiger partial charge in [0.1, 0.15) is 0 Å².